The summed E-state index contributed by atoms with van der Waals surface area (Å²) in [6.07, 6.45) is 4.01. The quantitative estimate of drug-likeness (QED) is 0.695. The number of carbonyl (C=O) groups excluding carboxylic acids is 1. The molecule has 1 amide bonds. The number of rotatable bonds is 7. The van der Waals surface area contributed by atoms with E-state index in [9.17, 15) is 9.18 Å². The van der Waals surface area contributed by atoms with Gasteiger partial charge in [-0.2, -0.15) is 0 Å². The van der Waals surface area contributed by atoms with Crippen LogP contribution >= 0.6 is 0 Å². The number of benzene rings is 2. The lowest BCUT2D eigenvalue weighted by Gasteiger charge is -2.33. The van der Waals surface area contributed by atoms with Crippen molar-refractivity contribution in [3.05, 3.63) is 71.7 Å². The largest absolute Gasteiger partial charge is 0.361 e. The van der Waals surface area contributed by atoms with Crippen LogP contribution in [0.5, 0.6) is 0 Å². The second-order valence-electron chi connectivity index (χ2n) is 7.18. The second-order valence-corrected chi connectivity index (χ2v) is 7.18. The monoisotopic (exact) mass is 365 g/mol. The molecule has 1 fully saturated rings. The maximum absolute atomic E-state index is 13.2. The summed E-state index contributed by atoms with van der Waals surface area (Å²) in [5, 5.41) is 1.23. The van der Waals surface area contributed by atoms with Gasteiger partial charge >= 0.3 is 0 Å². The Morgan fingerprint density at radius 1 is 1.11 bits per heavy atom. The molecule has 4 rings (SSSR count). The Morgan fingerprint density at radius 2 is 1.89 bits per heavy atom. The number of H-pyrrole nitrogens is 1. The normalized spacial score (nSPS) is 13.9. The Hall–Kier alpha value is -2.66. The summed E-state index contributed by atoms with van der Waals surface area (Å²) in [6.45, 7) is 3.55. The molecule has 4 nitrogen and oxygen atoms in total. The third kappa shape index (κ3) is 4.19. The van der Waals surface area contributed by atoms with E-state index in [0.29, 0.717) is 13.1 Å². The van der Waals surface area contributed by atoms with E-state index >= 15 is 0 Å². The van der Waals surface area contributed by atoms with Crippen LogP contribution in [0.3, 0.4) is 0 Å². The molecule has 0 saturated carbocycles. The first-order chi connectivity index (χ1) is 13.2. The number of amides is 1. The van der Waals surface area contributed by atoms with E-state index in [1.807, 2.05) is 17.0 Å². The van der Waals surface area contributed by atoms with Gasteiger partial charge in [0.15, 0.2) is 0 Å². The van der Waals surface area contributed by atoms with Gasteiger partial charge in [0, 0.05) is 43.3 Å². The van der Waals surface area contributed by atoms with Crippen molar-refractivity contribution in [2.75, 3.05) is 26.2 Å². The van der Waals surface area contributed by atoms with Gasteiger partial charge in [-0.3, -0.25) is 9.69 Å². The Kier molecular flexibility index (Phi) is 5.21. The summed E-state index contributed by atoms with van der Waals surface area (Å²) in [6, 6.07) is 14.8. The Balaban J connectivity index is 1.46. The van der Waals surface area contributed by atoms with Gasteiger partial charge in [0.05, 0.1) is 6.54 Å². The predicted molar refractivity (Wildman–Crippen MR) is 105 cm³/mol. The minimum Gasteiger partial charge on any atom is -0.361 e. The number of halogens is 1. The zero-order valence-corrected chi connectivity index (χ0v) is 15.3. The van der Waals surface area contributed by atoms with E-state index in [4.69, 9.17) is 0 Å². The first-order valence-corrected chi connectivity index (χ1v) is 9.48. The molecule has 0 unspecified atom stereocenters. The Labute approximate surface area is 158 Å². The SMILES string of the molecule is O=C(CN(CCc1c[nH]c2ccccc12)Cc1ccc(F)cc1)N1CCC1. The molecule has 0 atom stereocenters. The molecule has 1 aromatic heterocycles. The van der Waals surface area contributed by atoms with E-state index in [1.165, 1.54) is 23.1 Å². The van der Waals surface area contributed by atoms with Crippen molar-refractivity contribution in [2.45, 2.75) is 19.4 Å². The minimum absolute atomic E-state index is 0.183. The molecule has 3 aromatic rings. The van der Waals surface area contributed by atoms with E-state index in [-0.39, 0.29) is 11.7 Å². The molecule has 1 aliphatic heterocycles. The Bertz CT molecular complexity index is 915. The third-order valence-corrected chi connectivity index (χ3v) is 5.26. The maximum atomic E-state index is 13.2. The molecule has 1 saturated heterocycles. The van der Waals surface area contributed by atoms with Gasteiger partial charge in [-0.1, -0.05) is 30.3 Å². The highest BCUT2D eigenvalue weighted by atomic mass is 19.1. The van der Waals surface area contributed by atoms with Crippen molar-refractivity contribution >= 4 is 16.8 Å². The molecule has 0 radical (unpaired) electrons. The number of hydrogen-bond acceptors (Lipinski definition) is 2. The minimum atomic E-state index is -0.235. The van der Waals surface area contributed by atoms with Crippen molar-refractivity contribution in [2.24, 2.45) is 0 Å². The molecule has 0 spiro atoms. The molecule has 2 aromatic carbocycles. The van der Waals surface area contributed by atoms with E-state index in [0.717, 1.165) is 43.6 Å². The Morgan fingerprint density at radius 3 is 2.63 bits per heavy atom. The van der Waals surface area contributed by atoms with Crippen molar-refractivity contribution in [1.82, 2.24) is 14.8 Å². The molecule has 0 bridgehead atoms. The van der Waals surface area contributed by atoms with Crippen LogP contribution < -0.4 is 0 Å². The van der Waals surface area contributed by atoms with E-state index in [2.05, 4.69) is 28.2 Å². The number of hydrogen-bond donors (Lipinski definition) is 1. The van der Waals surface area contributed by atoms with Crippen molar-refractivity contribution < 1.29 is 9.18 Å². The number of carbonyl (C=O) groups is 1. The van der Waals surface area contributed by atoms with Crippen LogP contribution in [0.25, 0.3) is 10.9 Å². The van der Waals surface area contributed by atoms with E-state index in [1.54, 1.807) is 12.1 Å². The smallest absolute Gasteiger partial charge is 0.236 e. The van der Waals surface area contributed by atoms with Crippen LogP contribution in [-0.2, 0) is 17.8 Å². The van der Waals surface area contributed by atoms with Crippen molar-refractivity contribution in [3.8, 4) is 0 Å². The molecule has 1 aliphatic rings. The average Bonchev–Trinajstić information content (AvgIpc) is 3.03. The number of fused-ring (bicyclic) bond motifs is 1. The fraction of sp³-hybridized carbons (Fsp3) is 0.318. The zero-order chi connectivity index (χ0) is 18.6. The molecule has 140 valence electrons. The molecular formula is C22H24FN3O. The number of likely N-dealkylation sites (tertiary alicyclic amines) is 1. The van der Waals surface area contributed by atoms with Crippen molar-refractivity contribution in [3.63, 3.8) is 0 Å². The summed E-state index contributed by atoms with van der Waals surface area (Å²) >= 11 is 0. The van der Waals surface area contributed by atoms with Crippen LogP contribution in [0.1, 0.15) is 17.5 Å². The standard InChI is InChI=1S/C22H24FN3O/c23-19-8-6-17(7-9-19)15-25(16-22(27)26-11-3-12-26)13-10-18-14-24-21-5-2-1-4-20(18)21/h1-2,4-9,14,24H,3,10-13,15-16H2. The zero-order valence-electron chi connectivity index (χ0n) is 15.3. The molecule has 0 aliphatic carbocycles. The van der Waals surface area contributed by atoms with Crippen LogP contribution in [0.2, 0.25) is 0 Å². The van der Waals surface area contributed by atoms with Crippen LogP contribution in [0, 0.1) is 5.82 Å². The highest BCUT2D eigenvalue weighted by Crippen LogP contribution is 2.19. The van der Waals surface area contributed by atoms with Gasteiger partial charge in [0.25, 0.3) is 0 Å². The highest BCUT2D eigenvalue weighted by molar-refractivity contribution is 5.83. The van der Waals surface area contributed by atoms with Gasteiger partial charge in [-0.25, -0.2) is 4.39 Å². The molecule has 27 heavy (non-hydrogen) atoms. The first kappa shape index (κ1) is 17.7. The highest BCUT2D eigenvalue weighted by Gasteiger charge is 2.22. The number of nitrogens with one attached hydrogen (secondary N) is 1. The summed E-state index contributed by atoms with van der Waals surface area (Å²) in [7, 11) is 0. The van der Waals surface area contributed by atoms with Crippen molar-refractivity contribution in [1.29, 1.82) is 0 Å². The maximum Gasteiger partial charge on any atom is 0.236 e. The lowest BCUT2D eigenvalue weighted by Crippen LogP contribution is -2.47. The third-order valence-electron chi connectivity index (χ3n) is 5.26. The number of nitrogens with zero attached hydrogens (tertiary/aromatic N) is 2. The van der Waals surface area contributed by atoms with Gasteiger partial charge in [0.2, 0.25) is 5.91 Å². The molecular weight excluding hydrogens is 341 g/mol. The lowest BCUT2D eigenvalue weighted by molar-refractivity contribution is -0.136. The number of para-hydroxylation sites is 1. The van der Waals surface area contributed by atoms with Gasteiger partial charge < -0.3 is 9.88 Å². The van der Waals surface area contributed by atoms with Crippen LogP contribution in [0.15, 0.2) is 54.7 Å². The predicted octanol–water partition coefficient (Wildman–Crippen LogP) is 3.58. The fourth-order valence-corrected chi connectivity index (χ4v) is 3.54. The topological polar surface area (TPSA) is 39.3 Å². The summed E-state index contributed by atoms with van der Waals surface area (Å²) in [5.41, 5.74) is 3.41. The number of aromatic nitrogens is 1. The second kappa shape index (κ2) is 7.92. The van der Waals surface area contributed by atoms with Gasteiger partial charge in [0.1, 0.15) is 5.82 Å². The lowest BCUT2D eigenvalue weighted by atomic mass is 10.1. The van der Waals surface area contributed by atoms with Gasteiger partial charge in [-0.05, 0) is 42.2 Å². The summed E-state index contributed by atoms with van der Waals surface area (Å²) < 4.78 is 13.2. The van der Waals surface area contributed by atoms with E-state index < -0.39 is 0 Å². The summed E-state index contributed by atoms with van der Waals surface area (Å²) in [5.74, 6) is -0.0527. The fourth-order valence-electron chi connectivity index (χ4n) is 3.54. The van der Waals surface area contributed by atoms with Crippen LogP contribution in [0.4, 0.5) is 4.39 Å². The average molecular weight is 365 g/mol. The van der Waals surface area contributed by atoms with Crippen LogP contribution in [-0.4, -0.2) is 46.9 Å². The summed E-state index contributed by atoms with van der Waals surface area (Å²) in [4.78, 5) is 19.9. The molecule has 1 N–H and O–H groups in total. The molecule has 2 heterocycles. The first-order valence-electron chi connectivity index (χ1n) is 9.48. The van der Waals surface area contributed by atoms with Gasteiger partial charge in [-0.15, -0.1) is 0 Å². The number of aromatic amines is 1. The molecule has 5 heteroatoms.